The van der Waals surface area contributed by atoms with Gasteiger partial charge in [0.05, 0.1) is 12.2 Å². The van der Waals surface area contributed by atoms with E-state index in [1.54, 1.807) is 41.3 Å². The summed E-state index contributed by atoms with van der Waals surface area (Å²) < 4.78 is 14.8. The zero-order valence-electron chi connectivity index (χ0n) is 11.0. The molecule has 0 fully saturated rings. The van der Waals surface area contributed by atoms with Crippen molar-refractivity contribution in [2.24, 2.45) is 0 Å². The lowest BCUT2D eigenvalue weighted by molar-refractivity contribution is 0.111. The summed E-state index contributed by atoms with van der Waals surface area (Å²) in [5.41, 5.74) is 2.37. The third-order valence-corrected chi connectivity index (χ3v) is 3.05. The minimum absolute atomic E-state index is 0.248. The average Bonchev–Trinajstić information content (AvgIpc) is 2.91. The number of aldehydes is 1. The van der Waals surface area contributed by atoms with Crippen LogP contribution in [0.1, 0.15) is 16.1 Å². The summed E-state index contributed by atoms with van der Waals surface area (Å²) in [6.45, 7) is 0.330. The number of halogens is 1. The fourth-order valence-electron chi connectivity index (χ4n) is 2.13. The molecular formula is C15H11FN4O. The second-order valence-corrected chi connectivity index (χ2v) is 4.46. The predicted molar refractivity (Wildman–Crippen MR) is 74.1 cm³/mol. The first-order valence-corrected chi connectivity index (χ1v) is 6.31. The second-order valence-electron chi connectivity index (χ2n) is 4.46. The summed E-state index contributed by atoms with van der Waals surface area (Å²) in [5, 5.41) is 7.84. The highest BCUT2D eigenvalue weighted by molar-refractivity contribution is 5.83. The first-order chi connectivity index (χ1) is 10.3. The van der Waals surface area contributed by atoms with Crippen molar-refractivity contribution in [1.82, 2.24) is 20.0 Å². The van der Waals surface area contributed by atoms with Gasteiger partial charge < -0.3 is 0 Å². The molecule has 0 atom stereocenters. The Balaban J connectivity index is 2.04. The van der Waals surface area contributed by atoms with Crippen molar-refractivity contribution in [2.75, 3.05) is 0 Å². The topological polar surface area (TPSA) is 60.7 Å². The molecule has 0 N–H and O–H groups in total. The number of pyridine rings is 1. The molecule has 3 aromatic rings. The first kappa shape index (κ1) is 13.1. The van der Waals surface area contributed by atoms with Crippen LogP contribution >= 0.6 is 0 Å². The van der Waals surface area contributed by atoms with E-state index in [4.69, 9.17) is 0 Å². The number of aromatic nitrogens is 4. The lowest BCUT2D eigenvalue weighted by atomic mass is 10.1. The number of rotatable bonds is 4. The van der Waals surface area contributed by atoms with E-state index in [1.165, 1.54) is 12.1 Å². The van der Waals surface area contributed by atoms with Crippen LogP contribution in [0.4, 0.5) is 4.39 Å². The zero-order valence-corrected chi connectivity index (χ0v) is 11.0. The molecule has 3 rings (SSSR count). The standard InChI is InChI=1S/C15H11FN4O/c16-13-3-1-2-11(8-13)9-20-15(14(10-21)18-19-20)12-4-6-17-7-5-12/h1-8,10H,9H2. The number of hydrogen-bond acceptors (Lipinski definition) is 4. The van der Waals surface area contributed by atoms with Gasteiger partial charge in [0.15, 0.2) is 12.0 Å². The highest BCUT2D eigenvalue weighted by atomic mass is 19.1. The van der Waals surface area contributed by atoms with Crippen LogP contribution in [0.5, 0.6) is 0 Å². The molecule has 0 bridgehead atoms. The summed E-state index contributed by atoms with van der Waals surface area (Å²) in [6.07, 6.45) is 3.91. The molecule has 21 heavy (non-hydrogen) atoms. The number of hydrogen-bond donors (Lipinski definition) is 0. The fraction of sp³-hybridized carbons (Fsp3) is 0.0667. The van der Waals surface area contributed by atoms with Gasteiger partial charge in [-0.3, -0.25) is 9.78 Å². The van der Waals surface area contributed by atoms with Crippen molar-refractivity contribution in [3.63, 3.8) is 0 Å². The third-order valence-electron chi connectivity index (χ3n) is 3.05. The summed E-state index contributed by atoms with van der Waals surface area (Å²) >= 11 is 0. The van der Waals surface area contributed by atoms with Crippen molar-refractivity contribution in [2.45, 2.75) is 6.54 Å². The van der Waals surface area contributed by atoms with Crippen molar-refractivity contribution >= 4 is 6.29 Å². The van der Waals surface area contributed by atoms with Gasteiger partial charge in [0.1, 0.15) is 5.82 Å². The molecule has 104 valence electrons. The van der Waals surface area contributed by atoms with Crippen LogP contribution < -0.4 is 0 Å². The van der Waals surface area contributed by atoms with Crippen LogP contribution in [0.2, 0.25) is 0 Å². The first-order valence-electron chi connectivity index (χ1n) is 6.31. The molecule has 0 radical (unpaired) electrons. The van der Waals surface area contributed by atoms with Gasteiger partial charge >= 0.3 is 0 Å². The molecule has 2 heterocycles. The lowest BCUT2D eigenvalue weighted by Gasteiger charge is -2.07. The SMILES string of the molecule is O=Cc1nnn(Cc2cccc(F)c2)c1-c1ccncc1. The average molecular weight is 282 g/mol. The van der Waals surface area contributed by atoms with Crippen LogP contribution in [-0.4, -0.2) is 26.3 Å². The minimum Gasteiger partial charge on any atom is -0.296 e. The summed E-state index contributed by atoms with van der Waals surface area (Å²) in [7, 11) is 0. The van der Waals surface area contributed by atoms with Crippen molar-refractivity contribution in [3.8, 4) is 11.3 Å². The fourth-order valence-corrected chi connectivity index (χ4v) is 2.13. The number of carbonyl (C=O) groups excluding carboxylic acids is 1. The van der Waals surface area contributed by atoms with E-state index in [1.807, 2.05) is 0 Å². The maximum atomic E-state index is 13.3. The molecule has 0 aliphatic rings. The Kier molecular flexibility index (Phi) is 3.51. The van der Waals surface area contributed by atoms with Crippen molar-refractivity contribution in [3.05, 3.63) is 65.9 Å². The normalized spacial score (nSPS) is 10.5. The van der Waals surface area contributed by atoms with Crippen molar-refractivity contribution < 1.29 is 9.18 Å². The van der Waals surface area contributed by atoms with Gasteiger partial charge in [-0.1, -0.05) is 17.3 Å². The molecule has 5 nitrogen and oxygen atoms in total. The van der Waals surface area contributed by atoms with E-state index in [0.717, 1.165) is 11.1 Å². The van der Waals surface area contributed by atoms with E-state index in [9.17, 15) is 9.18 Å². The molecule has 1 aromatic carbocycles. The largest absolute Gasteiger partial charge is 0.296 e. The van der Waals surface area contributed by atoms with Crippen LogP contribution in [-0.2, 0) is 6.54 Å². The molecule has 0 aliphatic carbocycles. The van der Waals surface area contributed by atoms with E-state index in [-0.39, 0.29) is 11.5 Å². The number of carbonyl (C=O) groups is 1. The van der Waals surface area contributed by atoms with Gasteiger partial charge in [0.2, 0.25) is 0 Å². The van der Waals surface area contributed by atoms with Crippen LogP contribution in [0.25, 0.3) is 11.3 Å². The van der Waals surface area contributed by atoms with Crippen LogP contribution in [0, 0.1) is 5.82 Å². The monoisotopic (exact) mass is 282 g/mol. The Morgan fingerprint density at radius 3 is 2.71 bits per heavy atom. The molecule has 0 spiro atoms. The Labute approximate surface area is 120 Å². The molecule has 0 aliphatic heterocycles. The molecule has 6 heteroatoms. The van der Waals surface area contributed by atoms with Crippen LogP contribution in [0.3, 0.4) is 0 Å². The zero-order chi connectivity index (χ0) is 14.7. The van der Waals surface area contributed by atoms with E-state index < -0.39 is 0 Å². The third kappa shape index (κ3) is 2.69. The Morgan fingerprint density at radius 1 is 1.19 bits per heavy atom. The maximum absolute atomic E-state index is 13.3. The van der Waals surface area contributed by atoms with Gasteiger partial charge in [-0.2, -0.15) is 0 Å². The summed E-state index contributed by atoms with van der Waals surface area (Å²) in [6, 6.07) is 9.78. The van der Waals surface area contributed by atoms with E-state index >= 15 is 0 Å². The van der Waals surface area contributed by atoms with Gasteiger partial charge in [-0.25, -0.2) is 9.07 Å². The second kappa shape index (κ2) is 5.62. The molecule has 2 aromatic heterocycles. The van der Waals surface area contributed by atoms with Crippen LogP contribution in [0.15, 0.2) is 48.8 Å². The molecular weight excluding hydrogens is 271 g/mol. The Hall–Kier alpha value is -2.89. The minimum atomic E-state index is -0.311. The van der Waals surface area contributed by atoms with E-state index in [0.29, 0.717) is 18.5 Å². The van der Waals surface area contributed by atoms with Gasteiger partial charge in [0.25, 0.3) is 0 Å². The number of nitrogens with zero attached hydrogens (tertiary/aromatic N) is 4. The Bertz CT molecular complexity index is 770. The molecule has 0 amide bonds. The number of benzene rings is 1. The predicted octanol–water partition coefficient (Wildman–Crippen LogP) is 2.34. The highest BCUT2D eigenvalue weighted by Gasteiger charge is 2.14. The van der Waals surface area contributed by atoms with Gasteiger partial charge in [-0.05, 0) is 29.8 Å². The Morgan fingerprint density at radius 2 is 2.00 bits per heavy atom. The molecule has 0 saturated heterocycles. The lowest BCUT2D eigenvalue weighted by Crippen LogP contribution is -2.05. The van der Waals surface area contributed by atoms with Crippen molar-refractivity contribution in [1.29, 1.82) is 0 Å². The summed E-state index contributed by atoms with van der Waals surface area (Å²) in [4.78, 5) is 15.1. The van der Waals surface area contributed by atoms with E-state index in [2.05, 4.69) is 15.3 Å². The quantitative estimate of drug-likeness (QED) is 0.689. The summed E-state index contributed by atoms with van der Waals surface area (Å²) in [5.74, 6) is -0.311. The van der Waals surface area contributed by atoms with Gasteiger partial charge in [-0.15, -0.1) is 5.10 Å². The molecule has 0 saturated carbocycles. The van der Waals surface area contributed by atoms with Gasteiger partial charge in [0, 0.05) is 18.0 Å². The maximum Gasteiger partial charge on any atom is 0.172 e. The molecule has 0 unspecified atom stereocenters. The smallest absolute Gasteiger partial charge is 0.172 e. The highest BCUT2D eigenvalue weighted by Crippen LogP contribution is 2.21.